The zero-order chi connectivity index (χ0) is 10.8. The Hall–Kier alpha value is -1.03. The summed E-state index contributed by atoms with van der Waals surface area (Å²) in [5.74, 6) is 1.78. The van der Waals surface area contributed by atoms with Crippen molar-refractivity contribution < 1.29 is 4.74 Å². The van der Waals surface area contributed by atoms with Crippen LogP contribution in [0.1, 0.15) is 31.0 Å². The highest BCUT2D eigenvalue weighted by Crippen LogP contribution is 2.39. The lowest BCUT2D eigenvalue weighted by Gasteiger charge is -2.17. The van der Waals surface area contributed by atoms with Crippen molar-refractivity contribution in [1.29, 1.82) is 0 Å². The van der Waals surface area contributed by atoms with E-state index in [0.717, 1.165) is 17.4 Å². The Morgan fingerprint density at radius 1 is 1.67 bits per heavy atom. The van der Waals surface area contributed by atoms with Gasteiger partial charge in [0.1, 0.15) is 0 Å². The number of aryl methyl sites for hydroxylation is 1. The number of aromatic nitrogens is 2. The topological polar surface area (TPSA) is 39.1 Å². The molecule has 84 valence electrons. The van der Waals surface area contributed by atoms with Crippen molar-refractivity contribution in [2.45, 2.75) is 25.3 Å². The SMILES string of the molecule is CNC(CC1CC1)c1c(OC)cnn1C. The summed E-state index contributed by atoms with van der Waals surface area (Å²) in [7, 11) is 5.67. The van der Waals surface area contributed by atoms with E-state index in [1.54, 1.807) is 13.3 Å². The fourth-order valence-electron chi connectivity index (χ4n) is 2.03. The molecule has 1 aliphatic carbocycles. The lowest BCUT2D eigenvalue weighted by atomic mass is 10.1. The summed E-state index contributed by atoms with van der Waals surface area (Å²) in [5.41, 5.74) is 1.16. The summed E-state index contributed by atoms with van der Waals surface area (Å²) in [5, 5.41) is 7.59. The van der Waals surface area contributed by atoms with Gasteiger partial charge in [-0.25, -0.2) is 0 Å². The molecule has 1 aromatic heterocycles. The number of nitrogens with one attached hydrogen (secondary N) is 1. The summed E-state index contributed by atoms with van der Waals surface area (Å²) >= 11 is 0. The third kappa shape index (κ3) is 2.15. The van der Waals surface area contributed by atoms with Gasteiger partial charge in [0, 0.05) is 7.05 Å². The Labute approximate surface area is 90.6 Å². The zero-order valence-electron chi connectivity index (χ0n) is 9.66. The summed E-state index contributed by atoms with van der Waals surface area (Å²) < 4.78 is 7.23. The minimum absolute atomic E-state index is 0.361. The van der Waals surface area contributed by atoms with E-state index in [9.17, 15) is 0 Å². The van der Waals surface area contributed by atoms with Gasteiger partial charge < -0.3 is 10.1 Å². The van der Waals surface area contributed by atoms with Crippen LogP contribution in [0.4, 0.5) is 0 Å². The highest BCUT2D eigenvalue weighted by Gasteiger charge is 2.28. The molecule has 1 unspecified atom stereocenters. The molecular formula is C11H19N3O. The number of hydrogen-bond acceptors (Lipinski definition) is 3. The van der Waals surface area contributed by atoms with Gasteiger partial charge in [-0.05, 0) is 19.4 Å². The smallest absolute Gasteiger partial charge is 0.161 e. The fourth-order valence-corrected chi connectivity index (χ4v) is 2.03. The molecule has 4 nitrogen and oxygen atoms in total. The van der Waals surface area contributed by atoms with Gasteiger partial charge in [0.15, 0.2) is 5.75 Å². The van der Waals surface area contributed by atoms with Crippen molar-refractivity contribution in [3.63, 3.8) is 0 Å². The van der Waals surface area contributed by atoms with Crippen molar-refractivity contribution in [3.8, 4) is 5.75 Å². The monoisotopic (exact) mass is 209 g/mol. The summed E-state index contributed by atoms with van der Waals surface area (Å²) in [6, 6.07) is 0.361. The first-order valence-corrected chi connectivity index (χ1v) is 5.49. The molecule has 0 bridgehead atoms. The van der Waals surface area contributed by atoms with E-state index in [-0.39, 0.29) is 0 Å². The van der Waals surface area contributed by atoms with Gasteiger partial charge in [0.25, 0.3) is 0 Å². The summed E-state index contributed by atoms with van der Waals surface area (Å²) in [6.45, 7) is 0. The average molecular weight is 209 g/mol. The maximum atomic E-state index is 5.33. The zero-order valence-corrected chi connectivity index (χ0v) is 9.66. The molecule has 0 amide bonds. The Morgan fingerprint density at radius 3 is 2.93 bits per heavy atom. The highest BCUT2D eigenvalue weighted by molar-refractivity contribution is 5.28. The molecule has 1 aliphatic rings. The van der Waals surface area contributed by atoms with Crippen molar-refractivity contribution in [2.75, 3.05) is 14.2 Å². The Bertz CT molecular complexity index is 331. The van der Waals surface area contributed by atoms with Crippen LogP contribution in [0, 0.1) is 5.92 Å². The van der Waals surface area contributed by atoms with Crippen LogP contribution in [-0.2, 0) is 7.05 Å². The molecule has 15 heavy (non-hydrogen) atoms. The van der Waals surface area contributed by atoms with E-state index < -0.39 is 0 Å². The standard InChI is InChI=1S/C11H19N3O/c1-12-9(6-8-4-5-8)11-10(15-3)7-13-14(11)2/h7-9,12H,4-6H2,1-3H3. The number of ether oxygens (including phenoxy) is 1. The van der Waals surface area contributed by atoms with Gasteiger partial charge in [-0.3, -0.25) is 4.68 Å². The Balaban J connectivity index is 2.18. The van der Waals surface area contributed by atoms with E-state index in [4.69, 9.17) is 4.74 Å². The van der Waals surface area contributed by atoms with Gasteiger partial charge in [-0.1, -0.05) is 12.8 Å². The quantitative estimate of drug-likeness (QED) is 0.798. The normalized spacial score (nSPS) is 17.8. The Morgan fingerprint density at radius 2 is 2.40 bits per heavy atom. The fraction of sp³-hybridized carbons (Fsp3) is 0.727. The molecule has 1 aromatic rings. The van der Waals surface area contributed by atoms with Gasteiger partial charge in [0.05, 0.1) is 25.0 Å². The van der Waals surface area contributed by atoms with Crippen molar-refractivity contribution in [3.05, 3.63) is 11.9 Å². The molecule has 1 fully saturated rings. The van der Waals surface area contributed by atoms with Gasteiger partial charge in [-0.15, -0.1) is 0 Å². The van der Waals surface area contributed by atoms with Gasteiger partial charge in [-0.2, -0.15) is 5.10 Å². The predicted octanol–water partition coefficient (Wildman–Crippen LogP) is 1.49. The second kappa shape index (κ2) is 4.23. The number of hydrogen-bond donors (Lipinski definition) is 1. The largest absolute Gasteiger partial charge is 0.493 e. The molecule has 0 radical (unpaired) electrons. The lowest BCUT2D eigenvalue weighted by Crippen LogP contribution is -2.20. The van der Waals surface area contributed by atoms with Crippen LogP contribution in [0.15, 0.2) is 6.20 Å². The summed E-state index contributed by atoms with van der Waals surface area (Å²) in [4.78, 5) is 0. The van der Waals surface area contributed by atoms with E-state index in [0.29, 0.717) is 6.04 Å². The second-order valence-electron chi connectivity index (χ2n) is 4.24. The van der Waals surface area contributed by atoms with Crippen LogP contribution in [0.25, 0.3) is 0 Å². The number of rotatable bonds is 5. The Kier molecular flexibility index (Phi) is 2.95. The second-order valence-corrected chi connectivity index (χ2v) is 4.24. The first kappa shape index (κ1) is 10.5. The van der Waals surface area contributed by atoms with Crippen LogP contribution in [0.2, 0.25) is 0 Å². The van der Waals surface area contributed by atoms with E-state index in [2.05, 4.69) is 10.4 Å². The van der Waals surface area contributed by atoms with Crippen molar-refractivity contribution >= 4 is 0 Å². The van der Waals surface area contributed by atoms with Crippen molar-refractivity contribution in [2.24, 2.45) is 13.0 Å². The number of methoxy groups -OCH3 is 1. The minimum Gasteiger partial charge on any atom is -0.493 e. The van der Waals surface area contributed by atoms with Crippen molar-refractivity contribution in [1.82, 2.24) is 15.1 Å². The molecular weight excluding hydrogens is 190 g/mol. The minimum atomic E-state index is 0.361. The molecule has 1 heterocycles. The van der Waals surface area contributed by atoms with Crippen LogP contribution in [0.3, 0.4) is 0 Å². The molecule has 2 rings (SSSR count). The van der Waals surface area contributed by atoms with E-state index in [1.807, 2.05) is 18.8 Å². The van der Waals surface area contributed by atoms with Gasteiger partial charge in [0.2, 0.25) is 0 Å². The first-order chi connectivity index (χ1) is 7.26. The van der Waals surface area contributed by atoms with Crippen LogP contribution in [0.5, 0.6) is 5.75 Å². The molecule has 0 aromatic carbocycles. The molecule has 4 heteroatoms. The predicted molar refractivity (Wildman–Crippen MR) is 58.9 cm³/mol. The van der Waals surface area contributed by atoms with Gasteiger partial charge >= 0.3 is 0 Å². The summed E-state index contributed by atoms with van der Waals surface area (Å²) in [6.07, 6.45) is 5.72. The average Bonchev–Trinajstić information content (AvgIpc) is 2.98. The highest BCUT2D eigenvalue weighted by atomic mass is 16.5. The van der Waals surface area contributed by atoms with E-state index in [1.165, 1.54) is 19.3 Å². The van der Waals surface area contributed by atoms with E-state index >= 15 is 0 Å². The maximum absolute atomic E-state index is 5.33. The molecule has 1 N–H and O–H groups in total. The van der Waals surface area contributed by atoms with Crippen LogP contribution >= 0.6 is 0 Å². The molecule has 0 saturated heterocycles. The maximum Gasteiger partial charge on any atom is 0.161 e. The lowest BCUT2D eigenvalue weighted by molar-refractivity contribution is 0.390. The molecule has 1 atom stereocenters. The van der Waals surface area contributed by atoms with Crippen LogP contribution < -0.4 is 10.1 Å². The third-order valence-electron chi connectivity index (χ3n) is 3.11. The van der Waals surface area contributed by atoms with Crippen LogP contribution in [-0.4, -0.2) is 23.9 Å². The first-order valence-electron chi connectivity index (χ1n) is 5.49. The molecule has 0 spiro atoms. The third-order valence-corrected chi connectivity index (χ3v) is 3.11. The number of nitrogens with zero attached hydrogens (tertiary/aromatic N) is 2. The molecule has 0 aliphatic heterocycles. The molecule has 1 saturated carbocycles.